The summed E-state index contributed by atoms with van der Waals surface area (Å²) in [5.74, 6) is -1.69. The summed E-state index contributed by atoms with van der Waals surface area (Å²) in [6.07, 6.45) is 20.4. The van der Waals surface area contributed by atoms with E-state index in [1.54, 1.807) is 36.4 Å². The second kappa shape index (κ2) is 29.5. The number of fused-ring (bicyclic) bond motifs is 2. The molecule has 376 valence electrons. The van der Waals surface area contributed by atoms with Crippen LogP contribution in [0, 0.1) is 11.8 Å². The van der Waals surface area contributed by atoms with Gasteiger partial charge in [-0.2, -0.15) is 0 Å². The van der Waals surface area contributed by atoms with Gasteiger partial charge in [-0.25, -0.2) is 9.59 Å². The summed E-state index contributed by atoms with van der Waals surface area (Å²) in [6.45, 7) is 7.70. The zero-order valence-electron chi connectivity index (χ0n) is 40.0. The number of allylic oxidation sites excluding steroid dienone is 2. The number of aromatic hydroxyl groups is 2. The van der Waals surface area contributed by atoms with Crippen molar-refractivity contribution in [3.8, 4) is 11.5 Å². The third-order valence-corrected chi connectivity index (χ3v) is 13.4. The van der Waals surface area contributed by atoms with Crippen molar-refractivity contribution < 1.29 is 53.6 Å². The Balaban J connectivity index is 0.000000309. The lowest BCUT2D eigenvalue weighted by molar-refractivity contribution is -0.156. The highest BCUT2D eigenvalue weighted by Crippen LogP contribution is 2.33. The van der Waals surface area contributed by atoms with Gasteiger partial charge in [0.2, 0.25) is 17.7 Å². The lowest BCUT2D eigenvalue weighted by Gasteiger charge is -2.39. The Morgan fingerprint density at radius 2 is 1.12 bits per heavy atom. The Morgan fingerprint density at radius 1 is 0.676 bits per heavy atom. The fourth-order valence-electron chi connectivity index (χ4n) is 9.60. The van der Waals surface area contributed by atoms with Gasteiger partial charge in [0.15, 0.2) is 0 Å². The summed E-state index contributed by atoms with van der Waals surface area (Å²) < 4.78 is 9.92. The second-order valence-electron chi connectivity index (χ2n) is 18.2. The van der Waals surface area contributed by atoms with Gasteiger partial charge in [-0.1, -0.05) is 62.8 Å². The van der Waals surface area contributed by atoms with Crippen LogP contribution in [-0.4, -0.2) is 99.1 Å². The molecule has 2 saturated carbocycles. The maximum absolute atomic E-state index is 13.9. The molecule has 2 aliphatic heterocycles. The Kier molecular flexibility index (Phi) is 24.7. The molecule has 0 aromatic heterocycles. The van der Waals surface area contributed by atoms with Crippen molar-refractivity contribution in [3.05, 3.63) is 84.0 Å². The first-order valence-electron chi connectivity index (χ1n) is 24.1. The van der Waals surface area contributed by atoms with E-state index in [0.29, 0.717) is 19.3 Å². The number of phenolic OH excluding ortho intramolecular Hbond substituents is 2. The van der Waals surface area contributed by atoms with Gasteiger partial charge in [-0.3, -0.25) is 19.2 Å². The lowest BCUT2D eigenvalue weighted by atomic mass is 9.82. The van der Waals surface area contributed by atoms with Crippen molar-refractivity contribution in [3.63, 3.8) is 0 Å². The van der Waals surface area contributed by atoms with Crippen molar-refractivity contribution in [1.29, 1.82) is 0 Å². The third kappa shape index (κ3) is 17.0. The molecule has 2 aromatic rings. The zero-order chi connectivity index (χ0) is 48.9. The number of carboxylic acid groups (broad SMARTS) is 1. The van der Waals surface area contributed by atoms with E-state index in [9.17, 15) is 39.0 Å². The number of benzene rings is 2. The highest BCUT2D eigenvalue weighted by molar-refractivity contribution is 5.92. The first-order chi connectivity index (χ1) is 32.2. The van der Waals surface area contributed by atoms with E-state index in [0.717, 1.165) is 119 Å². The van der Waals surface area contributed by atoms with Crippen molar-refractivity contribution in [1.82, 2.24) is 15.1 Å². The molecule has 68 heavy (non-hydrogen) atoms. The molecule has 0 saturated heterocycles. The number of ether oxygens (including phenoxy) is 2. The number of carboxylic acids is 1. The van der Waals surface area contributed by atoms with Crippen molar-refractivity contribution >= 4 is 48.0 Å². The lowest BCUT2D eigenvalue weighted by Crippen LogP contribution is -2.58. The first-order valence-corrected chi connectivity index (χ1v) is 24.1. The van der Waals surface area contributed by atoms with Gasteiger partial charge in [-0.15, -0.1) is 25.6 Å². The number of hydrogen-bond donors (Lipinski definition) is 5. The number of amides is 3. The Hall–Kier alpha value is -5.41. The number of carbonyl (C=O) groups is 6. The number of carbonyl (C=O) groups excluding carboxylic acids is 5. The molecular formula is C52H75ClN4O11. The molecule has 3 amide bonds. The van der Waals surface area contributed by atoms with E-state index in [1.165, 1.54) is 30.4 Å². The van der Waals surface area contributed by atoms with Crippen LogP contribution in [0.4, 0.5) is 0 Å². The van der Waals surface area contributed by atoms with Crippen LogP contribution < -0.4 is 11.1 Å². The molecule has 2 fully saturated rings. The van der Waals surface area contributed by atoms with E-state index in [-0.39, 0.29) is 73.0 Å². The molecule has 6 rings (SSSR count). The monoisotopic (exact) mass is 967 g/mol. The van der Waals surface area contributed by atoms with Crippen LogP contribution in [0.3, 0.4) is 0 Å². The topological polar surface area (TPSA) is 226 Å². The van der Waals surface area contributed by atoms with Crippen LogP contribution in [-0.2, 0) is 64.2 Å². The van der Waals surface area contributed by atoms with Gasteiger partial charge >= 0.3 is 17.9 Å². The number of unbranched alkanes of at least 4 members (excludes halogenated alkanes) is 4. The summed E-state index contributed by atoms with van der Waals surface area (Å²) in [5, 5.41) is 30.9. The summed E-state index contributed by atoms with van der Waals surface area (Å²) in [5.41, 5.74) is 9.80. The van der Waals surface area contributed by atoms with Gasteiger partial charge in [0, 0.05) is 38.8 Å². The quantitative estimate of drug-likeness (QED) is 0.0587. The van der Waals surface area contributed by atoms with Gasteiger partial charge in [0.25, 0.3) is 0 Å². The number of nitrogens with zero attached hydrogens (tertiary/aromatic N) is 2. The highest BCUT2D eigenvalue weighted by atomic mass is 35.5. The standard InChI is InChI=1S/C26H36N2O5.C19H26N2O4.C7H12O2.ClH/c1-3-4-5-9-12-23(30)27-24(18-10-7-6-8-11-18)25(31)28-17-20-15-21(29)14-13-19(20)16-22(28)26(32)33-2;1-25-19(24)16-10-13-7-8-15(22)9-14(13)11-21(16)18(23)17(20)12-5-3-2-4-6-12;1-2-3-4-5-6-7(8)9;/h3,13-15,18,22,24,29H,1,4-12,16-17H2,2H3,(H,27,30);7-9,12,16-17,22H,2-6,10-11,20H2,1H3;2H,1,3-6H2,(H,8,9);1H/t22-,24-;16-,17-;;/m00../s1. The van der Waals surface area contributed by atoms with Crippen molar-refractivity contribution in [2.45, 2.75) is 166 Å². The summed E-state index contributed by atoms with van der Waals surface area (Å²) >= 11 is 0. The number of nitrogens with one attached hydrogen (secondary N) is 1. The minimum absolute atomic E-state index is 0. The van der Waals surface area contributed by atoms with E-state index in [4.69, 9.17) is 20.3 Å². The van der Waals surface area contributed by atoms with Crippen LogP contribution in [0.15, 0.2) is 61.7 Å². The number of hydrogen-bond acceptors (Lipinski definition) is 11. The summed E-state index contributed by atoms with van der Waals surface area (Å²) in [6, 6.07) is 7.37. The molecule has 16 heteroatoms. The Bertz CT molecular complexity index is 2000. The van der Waals surface area contributed by atoms with E-state index >= 15 is 0 Å². The molecule has 15 nitrogen and oxygen atoms in total. The van der Waals surface area contributed by atoms with Crippen LogP contribution in [0.5, 0.6) is 11.5 Å². The number of aliphatic carboxylic acids is 1. The van der Waals surface area contributed by atoms with E-state index in [2.05, 4.69) is 18.5 Å². The third-order valence-electron chi connectivity index (χ3n) is 13.4. The van der Waals surface area contributed by atoms with Gasteiger partial charge in [0.1, 0.15) is 29.6 Å². The highest BCUT2D eigenvalue weighted by Gasteiger charge is 2.42. The molecular weight excluding hydrogens is 892 g/mol. The average molecular weight is 968 g/mol. The number of phenols is 2. The van der Waals surface area contributed by atoms with E-state index in [1.807, 2.05) is 12.2 Å². The predicted molar refractivity (Wildman–Crippen MR) is 262 cm³/mol. The number of rotatable bonds is 17. The molecule has 2 aliphatic carbocycles. The van der Waals surface area contributed by atoms with Crippen LogP contribution in [0.1, 0.15) is 138 Å². The number of halogens is 1. The minimum Gasteiger partial charge on any atom is -0.508 e. The van der Waals surface area contributed by atoms with E-state index < -0.39 is 42.1 Å². The second-order valence-corrected chi connectivity index (χ2v) is 18.2. The van der Waals surface area contributed by atoms with Crippen molar-refractivity contribution in [2.24, 2.45) is 17.6 Å². The fraction of sp³-hybridized carbons (Fsp3) is 0.577. The molecule has 0 spiro atoms. The van der Waals surface area contributed by atoms with Gasteiger partial charge < -0.3 is 45.6 Å². The molecule has 2 aromatic carbocycles. The summed E-state index contributed by atoms with van der Waals surface area (Å²) in [7, 11) is 2.65. The van der Waals surface area contributed by atoms with Crippen LogP contribution in [0.2, 0.25) is 0 Å². The Morgan fingerprint density at radius 3 is 1.56 bits per heavy atom. The maximum Gasteiger partial charge on any atom is 0.328 e. The minimum atomic E-state index is -0.755. The average Bonchev–Trinajstić information content (AvgIpc) is 3.34. The van der Waals surface area contributed by atoms with Crippen LogP contribution >= 0.6 is 12.4 Å². The molecule has 0 radical (unpaired) electrons. The van der Waals surface area contributed by atoms with Gasteiger partial charge in [-0.05, 0) is 123 Å². The molecule has 6 N–H and O–H groups in total. The van der Waals surface area contributed by atoms with Crippen LogP contribution in [0.25, 0.3) is 0 Å². The number of methoxy groups -OCH3 is 2. The predicted octanol–water partition coefficient (Wildman–Crippen LogP) is 7.60. The first kappa shape index (κ1) is 56.9. The molecule has 0 unspecified atom stereocenters. The fourth-order valence-corrected chi connectivity index (χ4v) is 9.60. The summed E-state index contributed by atoms with van der Waals surface area (Å²) in [4.78, 5) is 77.5. The van der Waals surface area contributed by atoms with Crippen molar-refractivity contribution in [2.75, 3.05) is 14.2 Å². The SMILES string of the molecule is C=CCCCCC(=O)N[C@H](C(=O)N1Cc2cc(O)ccc2C[C@H]1C(=O)OC)C1CCCCC1.C=CCCCCC(=O)O.COC(=O)[C@@H]1Cc2ccc(O)cc2CN1C(=O)[C@@H](N)C1CCCCC1.Cl. The molecule has 4 atom stereocenters. The molecule has 4 aliphatic rings. The number of nitrogens with two attached hydrogens (primary N) is 1. The Labute approximate surface area is 408 Å². The molecule has 0 bridgehead atoms. The normalized spacial score (nSPS) is 18.7. The molecule has 2 heterocycles. The zero-order valence-corrected chi connectivity index (χ0v) is 40.9. The number of esters is 2. The maximum atomic E-state index is 13.9. The smallest absolute Gasteiger partial charge is 0.328 e. The largest absolute Gasteiger partial charge is 0.508 e. The van der Waals surface area contributed by atoms with Gasteiger partial charge in [0.05, 0.1) is 20.3 Å².